The van der Waals surface area contributed by atoms with E-state index in [-0.39, 0.29) is 5.91 Å². The van der Waals surface area contributed by atoms with E-state index in [1.165, 1.54) is 0 Å². The lowest BCUT2D eigenvalue weighted by Gasteiger charge is -2.06. The second-order valence-corrected chi connectivity index (χ2v) is 4.63. The second kappa shape index (κ2) is 5.99. The summed E-state index contributed by atoms with van der Waals surface area (Å²) in [7, 11) is 0. The average Bonchev–Trinajstić information content (AvgIpc) is 2.68. The van der Waals surface area contributed by atoms with Gasteiger partial charge in [-0.15, -0.1) is 0 Å². The quantitative estimate of drug-likeness (QED) is 0.851. The Morgan fingerprint density at radius 3 is 3.11 bits per heavy atom. The molecule has 0 aliphatic carbocycles. The summed E-state index contributed by atoms with van der Waals surface area (Å²) in [4.78, 5) is 20.2. The molecule has 0 unspecified atom stereocenters. The van der Waals surface area contributed by atoms with Gasteiger partial charge in [0.15, 0.2) is 5.65 Å². The second-order valence-electron chi connectivity index (χ2n) is 4.20. The van der Waals surface area contributed by atoms with Gasteiger partial charge in [-0.2, -0.15) is 0 Å². The number of fused-ring (bicyclic) bond motifs is 1. The molecule has 0 aliphatic rings. The number of hydrogen-bond acceptors (Lipinski definition) is 4. The minimum Gasteiger partial charge on any atom is -0.355 e. The molecule has 2 rings (SSSR count). The van der Waals surface area contributed by atoms with E-state index in [1.54, 1.807) is 12.3 Å². The highest BCUT2D eigenvalue weighted by atomic mass is 35.5. The molecular weight excluding hydrogens is 266 g/mol. The molecule has 1 amide bonds. The Morgan fingerprint density at radius 1 is 1.58 bits per heavy atom. The van der Waals surface area contributed by atoms with Crippen LogP contribution in [0.5, 0.6) is 0 Å². The van der Waals surface area contributed by atoms with Crippen LogP contribution in [0.1, 0.15) is 12.2 Å². The van der Waals surface area contributed by atoms with Gasteiger partial charge in [0.2, 0.25) is 5.91 Å². The summed E-state index contributed by atoms with van der Waals surface area (Å²) in [5.74, 6) is 0.789. The fraction of sp³-hybridized carbons (Fsp3) is 0.417. The third-order valence-electron chi connectivity index (χ3n) is 2.77. The average molecular weight is 282 g/mol. The third-order valence-corrected chi connectivity index (χ3v) is 2.98. The molecule has 6 nitrogen and oxygen atoms in total. The molecule has 0 radical (unpaired) electrons. The number of hydrogen-bond donors (Lipinski definition) is 2. The molecule has 0 atom stereocenters. The summed E-state index contributed by atoms with van der Waals surface area (Å²) in [6.07, 6.45) is 1.95. The fourth-order valence-corrected chi connectivity index (χ4v) is 2.03. The monoisotopic (exact) mass is 281 g/mol. The Morgan fingerprint density at radius 2 is 2.37 bits per heavy atom. The van der Waals surface area contributed by atoms with Gasteiger partial charge < -0.3 is 15.6 Å². The largest absolute Gasteiger partial charge is 0.355 e. The molecule has 0 aromatic carbocycles. The van der Waals surface area contributed by atoms with E-state index in [1.807, 2.05) is 11.5 Å². The molecule has 0 saturated carbocycles. The molecule has 2 aromatic rings. The van der Waals surface area contributed by atoms with Crippen molar-refractivity contribution in [2.45, 2.75) is 19.9 Å². The number of aryl methyl sites for hydroxylation is 2. The summed E-state index contributed by atoms with van der Waals surface area (Å²) < 4.78 is 1.91. The van der Waals surface area contributed by atoms with Crippen LogP contribution < -0.4 is 11.1 Å². The summed E-state index contributed by atoms with van der Waals surface area (Å²) in [5.41, 5.74) is 6.81. The Balaban J connectivity index is 2.12. The first-order valence-corrected chi connectivity index (χ1v) is 6.44. The van der Waals surface area contributed by atoms with Crippen molar-refractivity contribution in [2.75, 3.05) is 13.1 Å². The third kappa shape index (κ3) is 3.21. The smallest absolute Gasteiger partial charge is 0.221 e. The molecule has 3 N–H and O–H groups in total. The molecule has 0 fully saturated rings. The van der Waals surface area contributed by atoms with Crippen LogP contribution in [0.15, 0.2) is 12.3 Å². The van der Waals surface area contributed by atoms with E-state index < -0.39 is 0 Å². The lowest BCUT2D eigenvalue weighted by molar-refractivity contribution is -0.121. The standard InChI is InChI=1S/C12H16ClN5O/c1-8-17-10-6-9(13)7-16-12(10)18(8)5-2-11(19)15-4-3-14/h6-7H,2-5,14H2,1H3,(H,15,19). The number of pyridine rings is 1. The number of halogens is 1. The maximum Gasteiger partial charge on any atom is 0.221 e. The van der Waals surface area contributed by atoms with Crippen molar-refractivity contribution < 1.29 is 4.79 Å². The zero-order chi connectivity index (χ0) is 13.8. The highest BCUT2D eigenvalue weighted by Gasteiger charge is 2.10. The number of nitrogens with one attached hydrogen (secondary N) is 1. The topological polar surface area (TPSA) is 85.8 Å². The number of amides is 1. The van der Waals surface area contributed by atoms with E-state index in [0.717, 1.165) is 17.0 Å². The maximum absolute atomic E-state index is 11.6. The van der Waals surface area contributed by atoms with Crippen LogP contribution >= 0.6 is 11.6 Å². The first-order valence-electron chi connectivity index (χ1n) is 6.07. The van der Waals surface area contributed by atoms with E-state index in [2.05, 4.69) is 15.3 Å². The number of aromatic nitrogens is 3. The van der Waals surface area contributed by atoms with Crippen LogP contribution in [0, 0.1) is 6.92 Å². The van der Waals surface area contributed by atoms with E-state index in [0.29, 0.717) is 31.1 Å². The van der Waals surface area contributed by atoms with Crippen LogP contribution in [0.2, 0.25) is 5.02 Å². The molecular formula is C12H16ClN5O. The SMILES string of the molecule is Cc1nc2cc(Cl)cnc2n1CCC(=O)NCCN. The van der Waals surface area contributed by atoms with Crippen LogP contribution in [0.4, 0.5) is 0 Å². The fourth-order valence-electron chi connectivity index (χ4n) is 1.88. The Bertz CT molecular complexity index is 595. The van der Waals surface area contributed by atoms with Crippen LogP contribution in [-0.2, 0) is 11.3 Å². The number of imidazole rings is 1. The van der Waals surface area contributed by atoms with Crippen molar-refractivity contribution in [1.29, 1.82) is 0 Å². The van der Waals surface area contributed by atoms with Crippen LogP contribution in [-0.4, -0.2) is 33.5 Å². The number of rotatable bonds is 5. The molecule has 19 heavy (non-hydrogen) atoms. The van der Waals surface area contributed by atoms with Gasteiger partial charge in [0.05, 0.1) is 5.02 Å². The van der Waals surface area contributed by atoms with E-state index >= 15 is 0 Å². The number of carbonyl (C=O) groups is 1. The number of carbonyl (C=O) groups excluding carboxylic acids is 1. The normalized spacial score (nSPS) is 10.9. The Labute approximate surface area is 116 Å². The van der Waals surface area contributed by atoms with Gasteiger partial charge in [0.1, 0.15) is 11.3 Å². The molecule has 0 aliphatic heterocycles. The summed E-state index contributed by atoms with van der Waals surface area (Å²) >= 11 is 5.88. The summed E-state index contributed by atoms with van der Waals surface area (Å²) in [5, 5.41) is 3.29. The van der Waals surface area contributed by atoms with Crippen molar-refractivity contribution in [3.05, 3.63) is 23.1 Å². The van der Waals surface area contributed by atoms with Crippen molar-refractivity contribution in [3.63, 3.8) is 0 Å². The van der Waals surface area contributed by atoms with E-state index in [4.69, 9.17) is 17.3 Å². The van der Waals surface area contributed by atoms with Crippen LogP contribution in [0.25, 0.3) is 11.2 Å². The van der Waals surface area contributed by atoms with Gasteiger partial charge >= 0.3 is 0 Å². The van der Waals surface area contributed by atoms with Crippen LogP contribution in [0.3, 0.4) is 0 Å². The van der Waals surface area contributed by atoms with Gasteiger partial charge in [0, 0.05) is 32.3 Å². The zero-order valence-corrected chi connectivity index (χ0v) is 11.4. The molecule has 2 aromatic heterocycles. The summed E-state index contributed by atoms with van der Waals surface area (Å²) in [6, 6.07) is 1.77. The Kier molecular flexibility index (Phi) is 4.34. The molecule has 0 bridgehead atoms. The highest BCUT2D eigenvalue weighted by molar-refractivity contribution is 6.31. The molecule has 102 valence electrons. The lowest BCUT2D eigenvalue weighted by atomic mass is 10.3. The molecule has 0 saturated heterocycles. The lowest BCUT2D eigenvalue weighted by Crippen LogP contribution is -2.29. The van der Waals surface area contributed by atoms with Gasteiger partial charge in [-0.1, -0.05) is 11.6 Å². The predicted molar refractivity (Wildman–Crippen MR) is 74.0 cm³/mol. The zero-order valence-electron chi connectivity index (χ0n) is 10.7. The molecule has 0 spiro atoms. The van der Waals surface area contributed by atoms with Gasteiger partial charge in [-0.25, -0.2) is 9.97 Å². The van der Waals surface area contributed by atoms with Gasteiger partial charge in [-0.3, -0.25) is 4.79 Å². The Hall–Kier alpha value is -1.66. The van der Waals surface area contributed by atoms with Crippen molar-refractivity contribution in [2.24, 2.45) is 5.73 Å². The van der Waals surface area contributed by atoms with Crippen molar-refractivity contribution in [3.8, 4) is 0 Å². The summed E-state index contributed by atoms with van der Waals surface area (Å²) in [6.45, 7) is 3.36. The van der Waals surface area contributed by atoms with Gasteiger partial charge in [0.25, 0.3) is 0 Å². The predicted octanol–water partition coefficient (Wildman–Crippen LogP) is 0.858. The first-order chi connectivity index (χ1) is 9.11. The molecule has 7 heteroatoms. The molecule has 2 heterocycles. The van der Waals surface area contributed by atoms with Gasteiger partial charge in [-0.05, 0) is 13.0 Å². The first kappa shape index (κ1) is 13.8. The van der Waals surface area contributed by atoms with E-state index in [9.17, 15) is 4.79 Å². The number of nitrogens with two attached hydrogens (primary N) is 1. The minimum absolute atomic E-state index is 0.0272. The van der Waals surface area contributed by atoms with Crippen molar-refractivity contribution >= 4 is 28.7 Å². The highest BCUT2D eigenvalue weighted by Crippen LogP contribution is 2.17. The maximum atomic E-state index is 11.6. The minimum atomic E-state index is -0.0272. The number of nitrogens with zero attached hydrogens (tertiary/aromatic N) is 3. The van der Waals surface area contributed by atoms with Crippen molar-refractivity contribution in [1.82, 2.24) is 19.9 Å².